The summed E-state index contributed by atoms with van der Waals surface area (Å²) >= 11 is 0. The van der Waals surface area contributed by atoms with Gasteiger partial charge >= 0.3 is 0 Å². The molecule has 0 aromatic heterocycles. The predicted molar refractivity (Wildman–Crippen MR) is 73.6 cm³/mol. The van der Waals surface area contributed by atoms with E-state index >= 15 is 0 Å². The van der Waals surface area contributed by atoms with Crippen molar-refractivity contribution in [1.29, 1.82) is 0 Å². The van der Waals surface area contributed by atoms with Gasteiger partial charge in [0.1, 0.15) is 0 Å². The largest absolute Gasteiger partial charge is 0.490 e. The van der Waals surface area contributed by atoms with Crippen LogP contribution in [0.15, 0.2) is 18.2 Å². The summed E-state index contributed by atoms with van der Waals surface area (Å²) in [6, 6.07) is 5.44. The Kier molecular flexibility index (Phi) is 4.18. The number of hydrogen-bond acceptors (Lipinski definition) is 5. The van der Waals surface area contributed by atoms with E-state index in [-0.39, 0.29) is 5.78 Å². The number of morpholine rings is 1. The Hall–Kier alpha value is -1.59. The number of rotatable bonds is 3. The molecule has 1 saturated heterocycles. The van der Waals surface area contributed by atoms with Gasteiger partial charge < -0.3 is 14.2 Å². The zero-order valence-corrected chi connectivity index (χ0v) is 11.5. The van der Waals surface area contributed by atoms with Gasteiger partial charge in [0, 0.05) is 25.1 Å². The van der Waals surface area contributed by atoms with Crippen molar-refractivity contribution in [1.82, 2.24) is 4.90 Å². The molecule has 1 aromatic rings. The molecule has 2 heterocycles. The van der Waals surface area contributed by atoms with Crippen LogP contribution in [0.25, 0.3) is 0 Å². The van der Waals surface area contributed by atoms with Gasteiger partial charge in [-0.3, -0.25) is 9.69 Å². The van der Waals surface area contributed by atoms with E-state index in [9.17, 15) is 4.79 Å². The summed E-state index contributed by atoms with van der Waals surface area (Å²) in [6.07, 6.45) is 0.867. The van der Waals surface area contributed by atoms with E-state index in [1.54, 1.807) is 6.07 Å². The number of carbonyl (C=O) groups is 1. The molecule has 0 aliphatic carbocycles. The quantitative estimate of drug-likeness (QED) is 0.781. The van der Waals surface area contributed by atoms with Gasteiger partial charge in [-0.05, 0) is 18.2 Å². The van der Waals surface area contributed by atoms with Crippen LogP contribution in [-0.2, 0) is 4.74 Å². The van der Waals surface area contributed by atoms with Crippen LogP contribution < -0.4 is 9.47 Å². The van der Waals surface area contributed by atoms with Crippen molar-refractivity contribution in [3.05, 3.63) is 23.8 Å². The van der Waals surface area contributed by atoms with E-state index in [4.69, 9.17) is 14.2 Å². The Morgan fingerprint density at radius 1 is 1.05 bits per heavy atom. The molecule has 0 spiro atoms. The molecule has 3 rings (SSSR count). The predicted octanol–water partition coefficient (Wildman–Crippen LogP) is 1.36. The van der Waals surface area contributed by atoms with Gasteiger partial charge in [-0.1, -0.05) is 0 Å². The highest BCUT2D eigenvalue weighted by Gasteiger charge is 2.18. The smallest absolute Gasteiger partial charge is 0.176 e. The lowest BCUT2D eigenvalue weighted by Gasteiger charge is -2.25. The molecular weight excluding hydrogens is 258 g/mol. The molecule has 0 N–H and O–H groups in total. The molecule has 2 aliphatic rings. The summed E-state index contributed by atoms with van der Waals surface area (Å²) in [7, 11) is 0. The Bertz CT molecular complexity index is 483. The SMILES string of the molecule is O=C(CN1CCOCC1)c1ccc2c(c1)OCCCO2. The average molecular weight is 277 g/mol. The van der Waals surface area contributed by atoms with Gasteiger partial charge in [0.25, 0.3) is 0 Å². The van der Waals surface area contributed by atoms with E-state index in [1.807, 2.05) is 12.1 Å². The zero-order valence-electron chi connectivity index (χ0n) is 11.5. The van der Waals surface area contributed by atoms with E-state index in [0.29, 0.717) is 44.3 Å². The summed E-state index contributed by atoms with van der Waals surface area (Å²) in [5, 5.41) is 0. The number of carbonyl (C=O) groups excluding carboxylic acids is 1. The van der Waals surface area contributed by atoms with Crippen LogP contribution >= 0.6 is 0 Å². The Morgan fingerprint density at radius 3 is 2.60 bits per heavy atom. The molecule has 0 saturated carbocycles. The third-order valence-electron chi connectivity index (χ3n) is 3.54. The van der Waals surface area contributed by atoms with Gasteiger partial charge in [-0.15, -0.1) is 0 Å². The fourth-order valence-electron chi connectivity index (χ4n) is 2.39. The molecule has 20 heavy (non-hydrogen) atoms. The summed E-state index contributed by atoms with van der Waals surface area (Å²) in [5.74, 6) is 1.52. The van der Waals surface area contributed by atoms with Crippen LogP contribution in [0.3, 0.4) is 0 Å². The number of ether oxygens (including phenoxy) is 3. The lowest BCUT2D eigenvalue weighted by molar-refractivity contribution is 0.0371. The molecule has 5 nitrogen and oxygen atoms in total. The lowest BCUT2D eigenvalue weighted by atomic mass is 10.1. The third-order valence-corrected chi connectivity index (χ3v) is 3.54. The first-order valence-electron chi connectivity index (χ1n) is 7.06. The number of fused-ring (bicyclic) bond motifs is 1. The van der Waals surface area contributed by atoms with E-state index in [2.05, 4.69) is 4.90 Å². The van der Waals surface area contributed by atoms with Crippen LogP contribution in [0, 0.1) is 0 Å². The van der Waals surface area contributed by atoms with Crippen molar-refractivity contribution in [3.8, 4) is 11.5 Å². The first-order chi connectivity index (χ1) is 9.83. The summed E-state index contributed by atoms with van der Waals surface area (Å²) < 4.78 is 16.5. The molecular formula is C15H19NO4. The molecule has 2 aliphatic heterocycles. The second kappa shape index (κ2) is 6.24. The van der Waals surface area contributed by atoms with Crippen molar-refractivity contribution in [2.45, 2.75) is 6.42 Å². The molecule has 108 valence electrons. The summed E-state index contributed by atoms with van der Waals surface area (Å²) in [4.78, 5) is 14.4. The van der Waals surface area contributed by atoms with Gasteiger partial charge in [0.15, 0.2) is 17.3 Å². The summed E-state index contributed by atoms with van der Waals surface area (Å²) in [6.45, 7) is 4.76. The van der Waals surface area contributed by atoms with E-state index < -0.39 is 0 Å². The molecule has 0 bridgehead atoms. The highest BCUT2D eigenvalue weighted by Crippen LogP contribution is 2.30. The average Bonchev–Trinajstić information content (AvgIpc) is 2.72. The fourth-order valence-corrected chi connectivity index (χ4v) is 2.39. The highest BCUT2D eigenvalue weighted by atomic mass is 16.5. The van der Waals surface area contributed by atoms with Crippen LogP contribution in [0.1, 0.15) is 16.8 Å². The van der Waals surface area contributed by atoms with Crippen LogP contribution in [0.5, 0.6) is 11.5 Å². The molecule has 1 aromatic carbocycles. The Morgan fingerprint density at radius 2 is 1.80 bits per heavy atom. The second-order valence-electron chi connectivity index (χ2n) is 5.02. The minimum absolute atomic E-state index is 0.113. The first kappa shape index (κ1) is 13.4. The highest BCUT2D eigenvalue weighted by molar-refractivity contribution is 5.98. The van der Waals surface area contributed by atoms with E-state index in [0.717, 1.165) is 25.3 Å². The van der Waals surface area contributed by atoms with Gasteiger partial charge in [-0.25, -0.2) is 0 Å². The molecule has 0 amide bonds. The monoisotopic (exact) mass is 277 g/mol. The maximum Gasteiger partial charge on any atom is 0.176 e. The molecule has 0 atom stereocenters. The van der Waals surface area contributed by atoms with Crippen molar-refractivity contribution < 1.29 is 19.0 Å². The van der Waals surface area contributed by atoms with Crippen molar-refractivity contribution in [2.75, 3.05) is 46.1 Å². The number of Topliss-reactive ketones (excluding diaryl/α,β-unsaturated/α-hetero) is 1. The lowest BCUT2D eigenvalue weighted by Crippen LogP contribution is -2.39. The minimum Gasteiger partial charge on any atom is -0.490 e. The maximum atomic E-state index is 12.3. The Labute approximate surface area is 118 Å². The first-order valence-corrected chi connectivity index (χ1v) is 7.06. The topological polar surface area (TPSA) is 48.0 Å². The second-order valence-corrected chi connectivity index (χ2v) is 5.02. The third kappa shape index (κ3) is 3.11. The standard InChI is InChI=1S/C15H19NO4/c17-13(11-16-4-8-18-9-5-16)12-2-3-14-15(10-12)20-7-1-6-19-14/h2-3,10H,1,4-9,11H2. The molecule has 1 fully saturated rings. The van der Waals surface area contributed by atoms with Gasteiger partial charge in [-0.2, -0.15) is 0 Å². The maximum absolute atomic E-state index is 12.3. The number of nitrogens with zero attached hydrogens (tertiary/aromatic N) is 1. The van der Waals surface area contributed by atoms with Crippen molar-refractivity contribution in [2.24, 2.45) is 0 Å². The normalized spacial score (nSPS) is 19.4. The van der Waals surface area contributed by atoms with Crippen LogP contribution in [-0.4, -0.2) is 56.7 Å². The fraction of sp³-hybridized carbons (Fsp3) is 0.533. The van der Waals surface area contributed by atoms with Gasteiger partial charge in [0.2, 0.25) is 0 Å². The Balaban J connectivity index is 1.69. The molecule has 0 unspecified atom stereocenters. The zero-order chi connectivity index (χ0) is 13.8. The number of benzene rings is 1. The van der Waals surface area contributed by atoms with Crippen LogP contribution in [0.4, 0.5) is 0 Å². The van der Waals surface area contributed by atoms with E-state index in [1.165, 1.54) is 0 Å². The number of ketones is 1. The van der Waals surface area contributed by atoms with Crippen molar-refractivity contribution >= 4 is 5.78 Å². The van der Waals surface area contributed by atoms with Gasteiger partial charge in [0.05, 0.1) is 33.0 Å². The van der Waals surface area contributed by atoms with Crippen LogP contribution in [0.2, 0.25) is 0 Å². The molecule has 0 radical (unpaired) electrons. The molecule has 5 heteroatoms. The minimum atomic E-state index is 0.113. The number of hydrogen-bond donors (Lipinski definition) is 0. The summed E-state index contributed by atoms with van der Waals surface area (Å²) in [5.41, 5.74) is 0.681. The van der Waals surface area contributed by atoms with Crippen molar-refractivity contribution in [3.63, 3.8) is 0 Å².